The number of carboxylic acid groups (broad SMARTS) is 1. The number of rotatable bonds is 12. The van der Waals surface area contributed by atoms with E-state index in [1.165, 1.54) is 0 Å². The fourth-order valence-electron chi connectivity index (χ4n) is 3.31. The molecule has 0 radical (unpaired) electrons. The van der Waals surface area contributed by atoms with E-state index in [-0.39, 0.29) is 18.1 Å². The third kappa shape index (κ3) is 7.86. The van der Waals surface area contributed by atoms with E-state index >= 15 is 0 Å². The highest BCUT2D eigenvalue weighted by molar-refractivity contribution is 7.98. The summed E-state index contributed by atoms with van der Waals surface area (Å²) in [6.45, 7) is 1.09. The number of carbonyl (C=O) groups is 2. The summed E-state index contributed by atoms with van der Waals surface area (Å²) in [7, 11) is 0. The van der Waals surface area contributed by atoms with Crippen molar-refractivity contribution in [2.75, 3.05) is 30.9 Å². The topological polar surface area (TPSA) is 105 Å². The first-order valence-corrected chi connectivity index (χ1v) is 12.0. The Hall–Kier alpha value is -1.68. The molecule has 1 saturated heterocycles. The fourth-order valence-corrected chi connectivity index (χ4v) is 3.90. The third-order valence-electron chi connectivity index (χ3n) is 4.87. The summed E-state index contributed by atoms with van der Waals surface area (Å²) in [6, 6.07) is 7.97. The Balaban J connectivity index is 2.07. The number of benzene rings is 1. The first-order chi connectivity index (χ1) is 14.4. The van der Waals surface area contributed by atoms with Crippen LogP contribution < -0.4 is 15.8 Å². The lowest BCUT2D eigenvalue weighted by molar-refractivity contribution is -0.142. The van der Waals surface area contributed by atoms with Crippen molar-refractivity contribution in [1.29, 1.82) is 0 Å². The van der Waals surface area contributed by atoms with Crippen molar-refractivity contribution < 1.29 is 19.4 Å². The van der Waals surface area contributed by atoms with Gasteiger partial charge in [0, 0.05) is 31.3 Å². The fraction of sp³-hybridized carbons (Fsp3) is 0.524. The Bertz CT molecular complexity index is 705. The summed E-state index contributed by atoms with van der Waals surface area (Å²) in [4.78, 5) is 26.5. The average Bonchev–Trinajstić information content (AvgIpc) is 3.13. The molecule has 7 nitrogen and oxygen atoms in total. The number of para-hydroxylation sites is 1. The van der Waals surface area contributed by atoms with Crippen molar-refractivity contribution in [3.8, 4) is 5.75 Å². The molecular weight excluding hydrogens is 422 g/mol. The van der Waals surface area contributed by atoms with Crippen LogP contribution in [0.15, 0.2) is 42.5 Å². The van der Waals surface area contributed by atoms with E-state index in [1.807, 2.05) is 53.6 Å². The normalized spacial score (nSPS) is 21.4. The molecule has 1 aromatic rings. The monoisotopic (exact) mass is 453 g/mol. The van der Waals surface area contributed by atoms with Gasteiger partial charge in [-0.2, -0.15) is 24.4 Å². The van der Waals surface area contributed by atoms with E-state index < -0.39 is 18.1 Å². The van der Waals surface area contributed by atoms with Gasteiger partial charge in [-0.1, -0.05) is 30.4 Å². The average molecular weight is 454 g/mol. The zero-order valence-corrected chi connectivity index (χ0v) is 18.9. The summed E-state index contributed by atoms with van der Waals surface area (Å²) in [5, 5.41) is 12.1. The van der Waals surface area contributed by atoms with E-state index in [4.69, 9.17) is 10.5 Å². The Kier molecular flexibility index (Phi) is 10.6. The minimum atomic E-state index is -1.02. The number of thiol groups is 1. The molecule has 4 N–H and O–H groups in total. The summed E-state index contributed by atoms with van der Waals surface area (Å²) in [6.07, 6.45) is 6.41. The summed E-state index contributed by atoms with van der Waals surface area (Å²) in [5.41, 5.74) is 5.87. The van der Waals surface area contributed by atoms with Crippen LogP contribution in [0, 0.1) is 0 Å². The Labute approximate surface area is 187 Å². The highest BCUT2D eigenvalue weighted by Crippen LogP contribution is 2.23. The van der Waals surface area contributed by atoms with Crippen LogP contribution in [0.25, 0.3) is 0 Å². The second kappa shape index (κ2) is 12.9. The zero-order valence-electron chi connectivity index (χ0n) is 17.1. The van der Waals surface area contributed by atoms with Crippen LogP contribution in [-0.2, 0) is 9.59 Å². The molecule has 1 aromatic carbocycles. The SMILES string of the molecule is CSCC[C@H](NC(=O)[C@@H]1C[C@@H](Oc2ccccc2)CN1C/C=C/[C@@H](N)CS)C(=O)O. The lowest BCUT2D eigenvalue weighted by Gasteiger charge is -2.24. The molecule has 4 atom stereocenters. The Morgan fingerprint density at radius 1 is 1.43 bits per heavy atom. The number of hydrogen-bond donors (Lipinski definition) is 4. The second-order valence-corrected chi connectivity index (χ2v) is 8.56. The van der Waals surface area contributed by atoms with E-state index in [0.29, 0.717) is 37.4 Å². The number of carbonyl (C=O) groups excluding carboxylic acids is 1. The molecule has 2 rings (SSSR count). The number of nitrogens with one attached hydrogen (secondary N) is 1. The van der Waals surface area contributed by atoms with E-state index in [2.05, 4.69) is 17.9 Å². The van der Waals surface area contributed by atoms with Gasteiger partial charge in [0.15, 0.2) is 0 Å². The first kappa shape index (κ1) is 24.6. The van der Waals surface area contributed by atoms with Gasteiger partial charge < -0.3 is 20.9 Å². The quantitative estimate of drug-likeness (QED) is 0.282. The predicted octanol–water partition coefficient (Wildman–Crippen LogP) is 1.64. The molecule has 0 unspecified atom stereocenters. The molecule has 0 bridgehead atoms. The number of likely N-dealkylation sites (tertiary alicyclic amines) is 1. The third-order valence-corrected chi connectivity index (χ3v) is 5.94. The molecule has 1 amide bonds. The van der Waals surface area contributed by atoms with Gasteiger partial charge in [-0.15, -0.1) is 0 Å². The molecule has 1 aliphatic heterocycles. The summed E-state index contributed by atoms with van der Waals surface area (Å²) in [5.74, 6) is 0.652. The molecule has 9 heteroatoms. The maximum Gasteiger partial charge on any atom is 0.326 e. The van der Waals surface area contributed by atoms with Gasteiger partial charge in [0.25, 0.3) is 0 Å². The molecule has 1 heterocycles. The Morgan fingerprint density at radius 2 is 2.17 bits per heavy atom. The van der Waals surface area contributed by atoms with Crippen molar-refractivity contribution in [3.63, 3.8) is 0 Å². The smallest absolute Gasteiger partial charge is 0.326 e. The van der Waals surface area contributed by atoms with E-state index in [9.17, 15) is 14.7 Å². The molecule has 0 aliphatic carbocycles. The number of aliphatic carboxylic acids is 1. The van der Waals surface area contributed by atoms with Crippen molar-refractivity contribution >= 4 is 36.3 Å². The van der Waals surface area contributed by atoms with Gasteiger partial charge in [-0.05, 0) is 30.6 Å². The highest BCUT2D eigenvalue weighted by atomic mass is 32.2. The first-order valence-electron chi connectivity index (χ1n) is 9.95. The molecule has 0 spiro atoms. The van der Waals surface area contributed by atoms with Gasteiger partial charge in [-0.25, -0.2) is 4.79 Å². The summed E-state index contributed by atoms with van der Waals surface area (Å²) < 4.78 is 6.05. The maximum absolute atomic E-state index is 12.9. The van der Waals surface area contributed by atoms with Crippen LogP contribution in [-0.4, -0.2) is 77.0 Å². The number of carboxylic acids is 1. The molecule has 0 saturated carbocycles. The van der Waals surface area contributed by atoms with E-state index in [1.54, 1.807) is 11.8 Å². The van der Waals surface area contributed by atoms with Crippen molar-refractivity contribution in [2.45, 2.75) is 37.1 Å². The lowest BCUT2D eigenvalue weighted by Crippen LogP contribution is -2.49. The van der Waals surface area contributed by atoms with Gasteiger partial charge in [0.2, 0.25) is 5.91 Å². The molecule has 30 heavy (non-hydrogen) atoms. The lowest BCUT2D eigenvalue weighted by atomic mass is 10.1. The number of amides is 1. The largest absolute Gasteiger partial charge is 0.489 e. The molecule has 1 aliphatic rings. The zero-order chi connectivity index (χ0) is 21.9. The number of ether oxygens (including phenoxy) is 1. The van der Waals surface area contributed by atoms with E-state index in [0.717, 1.165) is 5.75 Å². The maximum atomic E-state index is 12.9. The molecular formula is C21H31N3O4S2. The van der Waals surface area contributed by atoms with Crippen LogP contribution in [0.4, 0.5) is 0 Å². The van der Waals surface area contributed by atoms with Crippen molar-refractivity contribution in [2.24, 2.45) is 5.73 Å². The number of thioether (sulfide) groups is 1. The minimum absolute atomic E-state index is 0.150. The Morgan fingerprint density at radius 3 is 2.80 bits per heavy atom. The van der Waals surface area contributed by atoms with Gasteiger partial charge in [0.1, 0.15) is 17.9 Å². The summed E-state index contributed by atoms with van der Waals surface area (Å²) >= 11 is 5.72. The van der Waals surface area contributed by atoms with Gasteiger partial charge in [-0.3, -0.25) is 9.69 Å². The minimum Gasteiger partial charge on any atom is -0.489 e. The van der Waals surface area contributed by atoms with Crippen LogP contribution >= 0.6 is 24.4 Å². The number of hydrogen-bond acceptors (Lipinski definition) is 7. The van der Waals surface area contributed by atoms with Crippen molar-refractivity contribution in [1.82, 2.24) is 10.2 Å². The molecule has 166 valence electrons. The number of nitrogens with zero attached hydrogens (tertiary/aromatic N) is 1. The van der Waals surface area contributed by atoms with Gasteiger partial charge in [0.05, 0.1) is 6.04 Å². The molecule has 1 fully saturated rings. The molecule has 0 aromatic heterocycles. The van der Waals surface area contributed by atoms with Crippen LogP contribution in [0.3, 0.4) is 0 Å². The van der Waals surface area contributed by atoms with Crippen LogP contribution in [0.1, 0.15) is 12.8 Å². The van der Waals surface area contributed by atoms with Gasteiger partial charge >= 0.3 is 5.97 Å². The second-order valence-electron chi connectivity index (χ2n) is 7.21. The number of nitrogens with two attached hydrogens (primary N) is 1. The highest BCUT2D eigenvalue weighted by Gasteiger charge is 2.38. The van der Waals surface area contributed by atoms with Crippen LogP contribution in [0.2, 0.25) is 0 Å². The van der Waals surface area contributed by atoms with Crippen LogP contribution in [0.5, 0.6) is 5.75 Å². The van der Waals surface area contributed by atoms with Crippen molar-refractivity contribution in [3.05, 3.63) is 42.5 Å². The standard InChI is InChI=1S/C21H31N3O4S2/c1-30-11-9-18(21(26)27)23-20(25)19-12-17(28-16-7-3-2-4-8-16)13-24(19)10-5-6-15(22)14-29/h2-8,15,17-19,29H,9-14,22H2,1H3,(H,23,25)(H,26,27)/b6-5+/t15-,17-,18+,19+/m1/s1. The predicted molar refractivity (Wildman–Crippen MR) is 124 cm³/mol.